The summed E-state index contributed by atoms with van der Waals surface area (Å²) < 4.78 is 30.4. The van der Waals surface area contributed by atoms with Crippen LogP contribution in [0, 0.1) is 23.5 Å². The number of aliphatic hydroxyl groups is 1. The summed E-state index contributed by atoms with van der Waals surface area (Å²) in [5.41, 5.74) is 0.498. The Balaban J connectivity index is 1.73. The molecule has 2 aromatic carbocycles. The summed E-state index contributed by atoms with van der Waals surface area (Å²) in [6.07, 6.45) is 3.33. The van der Waals surface area contributed by atoms with Crippen molar-refractivity contribution in [2.24, 2.45) is 0 Å². The third-order valence-electron chi connectivity index (χ3n) is 5.01. The van der Waals surface area contributed by atoms with Gasteiger partial charge in [-0.05, 0) is 63.1 Å². The second kappa shape index (κ2) is 7.00. The van der Waals surface area contributed by atoms with E-state index < -0.39 is 17.2 Å². The molecule has 0 atom stereocenters. The molecule has 1 aliphatic carbocycles. The van der Waals surface area contributed by atoms with Crippen molar-refractivity contribution in [2.75, 3.05) is 4.90 Å². The zero-order valence-electron chi connectivity index (χ0n) is 17.0. The molecule has 5 rings (SSSR count). The molecule has 1 N–H and O–H groups in total. The molecular formula is C23H19F2N5O. The van der Waals surface area contributed by atoms with Gasteiger partial charge in [-0.25, -0.2) is 8.78 Å². The molecule has 4 aromatic rings. The van der Waals surface area contributed by atoms with Crippen molar-refractivity contribution < 1.29 is 13.9 Å². The number of nitrogens with zero attached hydrogens (tertiary/aromatic N) is 5. The van der Waals surface area contributed by atoms with Gasteiger partial charge in [0.25, 0.3) is 5.78 Å². The number of hydrogen-bond acceptors (Lipinski definition) is 5. The summed E-state index contributed by atoms with van der Waals surface area (Å²) in [4.78, 5) is 6.55. The molecule has 31 heavy (non-hydrogen) atoms. The Labute approximate surface area is 177 Å². The van der Waals surface area contributed by atoms with Crippen LogP contribution in [0.3, 0.4) is 0 Å². The Morgan fingerprint density at radius 3 is 2.68 bits per heavy atom. The highest BCUT2D eigenvalue weighted by Gasteiger charge is 2.33. The largest absolute Gasteiger partial charge is 0.378 e. The van der Waals surface area contributed by atoms with Crippen molar-refractivity contribution in [3.05, 3.63) is 59.9 Å². The fourth-order valence-corrected chi connectivity index (χ4v) is 3.56. The van der Waals surface area contributed by atoms with Gasteiger partial charge in [-0.15, -0.1) is 10.2 Å². The third-order valence-corrected chi connectivity index (χ3v) is 5.01. The van der Waals surface area contributed by atoms with E-state index >= 15 is 0 Å². The predicted octanol–water partition coefficient (Wildman–Crippen LogP) is 3.98. The maximum absolute atomic E-state index is 14.5. The van der Waals surface area contributed by atoms with Crippen LogP contribution in [-0.2, 0) is 0 Å². The summed E-state index contributed by atoms with van der Waals surface area (Å²) >= 11 is 0. The van der Waals surface area contributed by atoms with Gasteiger partial charge in [-0.1, -0.05) is 11.8 Å². The van der Waals surface area contributed by atoms with Crippen molar-refractivity contribution in [1.82, 2.24) is 19.6 Å². The summed E-state index contributed by atoms with van der Waals surface area (Å²) in [6.45, 7) is 3.13. The fourth-order valence-electron chi connectivity index (χ4n) is 3.56. The molecule has 2 aromatic heterocycles. The van der Waals surface area contributed by atoms with Gasteiger partial charge in [0.05, 0.1) is 5.52 Å². The van der Waals surface area contributed by atoms with Gasteiger partial charge in [0.1, 0.15) is 29.4 Å². The van der Waals surface area contributed by atoms with E-state index in [2.05, 4.69) is 27.0 Å². The van der Waals surface area contributed by atoms with E-state index in [1.807, 2.05) is 4.90 Å². The highest BCUT2D eigenvalue weighted by Crippen LogP contribution is 2.41. The maximum Gasteiger partial charge on any atom is 0.257 e. The molecule has 8 heteroatoms. The second-order valence-electron chi connectivity index (χ2n) is 8.21. The molecular weight excluding hydrogens is 400 g/mol. The molecule has 6 nitrogen and oxygen atoms in total. The number of hydrogen-bond donors (Lipinski definition) is 1. The van der Waals surface area contributed by atoms with Gasteiger partial charge in [-0.3, -0.25) is 4.40 Å². The quantitative estimate of drug-likeness (QED) is 0.509. The Kier molecular flexibility index (Phi) is 4.38. The Hall–Kier alpha value is -3.57. The first-order chi connectivity index (χ1) is 14.8. The maximum atomic E-state index is 14.5. The van der Waals surface area contributed by atoms with Crippen LogP contribution in [0.2, 0.25) is 0 Å². The third kappa shape index (κ3) is 3.80. The molecule has 2 heterocycles. The number of aromatic nitrogens is 4. The highest BCUT2D eigenvalue weighted by molar-refractivity contribution is 5.94. The van der Waals surface area contributed by atoms with E-state index in [-0.39, 0.29) is 6.04 Å². The lowest BCUT2D eigenvalue weighted by atomic mass is 10.1. The van der Waals surface area contributed by atoms with Crippen LogP contribution in [0.25, 0.3) is 16.7 Å². The van der Waals surface area contributed by atoms with E-state index in [1.165, 1.54) is 30.6 Å². The van der Waals surface area contributed by atoms with Crippen LogP contribution < -0.4 is 4.90 Å². The van der Waals surface area contributed by atoms with E-state index in [0.717, 1.165) is 12.8 Å². The lowest BCUT2D eigenvalue weighted by Gasteiger charge is -2.25. The average molecular weight is 419 g/mol. The summed E-state index contributed by atoms with van der Waals surface area (Å²) in [5.74, 6) is 5.55. The molecule has 1 aliphatic rings. The normalized spacial score (nSPS) is 14.0. The Bertz CT molecular complexity index is 1380. The lowest BCUT2D eigenvalue weighted by Crippen LogP contribution is -2.22. The van der Waals surface area contributed by atoms with Gasteiger partial charge in [-0.2, -0.15) is 4.98 Å². The molecule has 0 spiro atoms. The number of anilines is 2. The first kappa shape index (κ1) is 19.4. The first-order valence-corrected chi connectivity index (χ1v) is 9.93. The standard InChI is InChI=1S/C23H19F2N5O/c1-23(2,31)8-7-14-9-16(25)11-18(10-14)30(17-4-5-17)21-19-12-15(24)3-6-20(19)29-13-26-28-22(29)27-21/h3,6,9-13,17,31H,4-5H2,1-2H3. The van der Waals surface area contributed by atoms with Gasteiger partial charge in [0.15, 0.2) is 0 Å². The van der Waals surface area contributed by atoms with Gasteiger partial charge in [0, 0.05) is 22.7 Å². The summed E-state index contributed by atoms with van der Waals surface area (Å²) in [7, 11) is 0. The molecule has 0 amide bonds. The topological polar surface area (TPSA) is 66.5 Å². The molecule has 1 fully saturated rings. The van der Waals surface area contributed by atoms with Crippen LogP contribution in [0.4, 0.5) is 20.3 Å². The lowest BCUT2D eigenvalue weighted by molar-refractivity contribution is 0.143. The molecule has 0 aliphatic heterocycles. The Morgan fingerprint density at radius 1 is 1.13 bits per heavy atom. The molecule has 1 saturated carbocycles. The number of halogens is 2. The van der Waals surface area contributed by atoms with Crippen molar-refractivity contribution in [3.63, 3.8) is 0 Å². The molecule has 0 unspecified atom stereocenters. The predicted molar refractivity (Wildman–Crippen MR) is 113 cm³/mol. The van der Waals surface area contributed by atoms with Crippen LogP contribution in [0.5, 0.6) is 0 Å². The van der Waals surface area contributed by atoms with E-state index in [4.69, 9.17) is 0 Å². The van der Waals surface area contributed by atoms with Gasteiger partial charge in [0.2, 0.25) is 0 Å². The Morgan fingerprint density at radius 2 is 1.94 bits per heavy atom. The number of fused-ring (bicyclic) bond motifs is 3. The molecule has 156 valence electrons. The van der Waals surface area contributed by atoms with Crippen molar-refractivity contribution >= 4 is 28.2 Å². The van der Waals surface area contributed by atoms with Crippen LogP contribution in [-0.4, -0.2) is 36.3 Å². The SMILES string of the molecule is CC(C)(O)C#Cc1cc(F)cc(N(c2nc3nncn3c3ccc(F)cc23)C2CC2)c1. The minimum Gasteiger partial charge on any atom is -0.378 e. The van der Waals surface area contributed by atoms with E-state index in [9.17, 15) is 13.9 Å². The smallest absolute Gasteiger partial charge is 0.257 e. The molecule has 0 radical (unpaired) electrons. The van der Waals surface area contributed by atoms with E-state index in [1.54, 1.807) is 30.4 Å². The van der Waals surface area contributed by atoms with E-state index in [0.29, 0.717) is 33.7 Å². The van der Waals surface area contributed by atoms with Crippen molar-refractivity contribution in [3.8, 4) is 11.8 Å². The monoisotopic (exact) mass is 419 g/mol. The van der Waals surface area contributed by atoms with Crippen molar-refractivity contribution in [1.29, 1.82) is 0 Å². The van der Waals surface area contributed by atoms with Crippen LogP contribution in [0.15, 0.2) is 42.7 Å². The first-order valence-electron chi connectivity index (χ1n) is 9.93. The second-order valence-corrected chi connectivity index (χ2v) is 8.21. The molecule has 0 bridgehead atoms. The minimum atomic E-state index is -1.20. The van der Waals surface area contributed by atoms with Crippen LogP contribution in [0.1, 0.15) is 32.3 Å². The zero-order valence-corrected chi connectivity index (χ0v) is 17.0. The number of rotatable bonds is 3. The minimum absolute atomic E-state index is 0.0984. The summed E-state index contributed by atoms with van der Waals surface area (Å²) in [6, 6.07) is 9.03. The average Bonchev–Trinajstić information content (AvgIpc) is 3.41. The van der Waals surface area contributed by atoms with Gasteiger partial charge < -0.3 is 10.0 Å². The number of benzene rings is 2. The molecule has 0 saturated heterocycles. The zero-order chi connectivity index (χ0) is 21.8. The van der Waals surface area contributed by atoms with Crippen molar-refractivity contribution in [2.45, 2.75) is 38.3 Å². The van der Waals surface area contributed by atoms with Gasteiger partial charge >= 0.3 is 0 Å². The van der Waals surface area contributed by atoms with Crippen LogP contribution >= 0.6 is 0 Å². The highest BCUT2D eigenvalue weighted by atomic mass is 19.1. The summed E-state index contributed by atoms with van der Waals surface area (Å²) in [5, 5.41) is 18.4. The fraction of sp³-hybridized carbons (Fsp3) is 0.261.